The van der Waals surface area contributed by atoms with Crippen molar-refractivity contribution >= 4 is 39.8 Å². The monoisotopic (exact) mass is 391 g/mol. The summed E-state index contributed by atoms with van der Waals surface area (Å²) in [5, 5.41) is 4.14. The van der Waals surface area contributed by atoms with E-state index in [0.29, 0.717) is 15.6 Å². The van der Waals surface area contributed by atoms with Crippen LogP contribution in [0.25, 0.3) is 11.1 Å². The van der Waals surface area contributed by atoms with E-state index < -0.39 is 5.97 Å². The molecule has 1 aliphatic carbocycles. The molecule has 1 heterocycles. The molecule has 2 aromatic rings. The third-order valence-corrected chi connectivity index (χ3v) is 6.06. The summed E-state index contributed by atoms with van der Waals surface area (Å²) in [4.78, 5) is 26.1. The SMILES string of the molecule is COC(=O)c1c(NC(=O)C2CCCCC2)sc(C)c1-c1cccc(Cl)c1. The summed E-state index contributed by atoms with van der Waals surface area (Å²) in [6, 6.07) is 7.35. The summed E-state index contributed by atoms with van der Waals surface area (Å²) in [6.45, 7) is 1.93. The van der Waals surface area contributed by atoms with Crippen molar-refractivity contribution < 1.29 is 14.3 Å². The van der Waals surface area contributed by atoms with E-state index in [0.717, 1.165) is 41.7 Å². The average molecular weight is 392 g/mol. The Kier molecular flexibility index (Phi) is 5.99. The van der Waals surface area contributed by atoms with Gasteiger partial charge in [0.15, 0.2) is 0 Å². The number of ether oxygens (including phenoxy) is 1. The van der Waals surface area contributed by atoms with Crippen molar-refractivity contribution in [3.63, 3.8) is 0 Å². The molecule has 1 fully saturated rings. The minimum Gasteiger partial charge on any atom is -0.465 e. The van der Waals surface area contributed by atoms with Crippen LogP contribution in [0.3, 0.4) is 0 Å². The third-order valence-electron chi connectivity index (χ3n) is 4.80. The number of hydrogen-bond donors (Lipinski definition) is 1. The molecular weight excluding hydrogens is 370 g/mol. The van der Waals surface area contributed by atoms with Crippen molar-refractivity contribution in [1.29, 1.82) is 0 Å². The predicted octanol–water partition coefficient (Wildman–Crippen LogP) is 5.68. The molecule has 0 saturated heterocycles. The smallest absolute Gasteiger partial charge is 0.341 e. The van der Waals surface area contributed by atoms with Crippen LogP contribution in [0.1, 0.15) is 47.3 Å². The number of amides is 1. The highest BCUT2D eigenvalue weighted by Crippen LogP contribution is 2.41. The summed E-state index contributed by atoms with van der Waals surface area (Å²) < 4.78 is 4.99. The van der Waals surface area contributed by atoms with Gasteiger partial charge in [0.1, 0.15) is 10.6 Å². The van der Waals surface area contributed by atoms with E-state index in [1.807, 2.05) is 25.1 Å². The minimum atomic E-state index is -0.455. The highest BCUT2D eigenvalue weighted by molar-refractivity contribution is 7.17. The molecule has 0 unspecified atom stereocenters. The van der Waals surface area contributed by atoms with Gasteiger partial charge in [0.2, 0.25) is 5.91 Å². The lowest BCUT2D eigenvalue weighted by Gasteiger charge is -2.20. The quantitative estimate of drug-likeness (QED) is 0.682. The Morgan fingerprint density at radius 1 is 1.23 bits per heavy atom. The predicted molar refractivity (Wildman–Crippen MR) is 106 cm³/mol. The first-order valence-corrected chi connectivity index (χ1v) is 9.99. The summed E-state index contributed by atoms with van der Waals surface area (Å²) in [6.07, 6.45) is 5.17. The van der Waals surface area contributed by atoms with Crippen molar-refractivity contribution in [1.82, 2.24) is 0 Å². The molecule has 1 aromatic heterocycles. The Bertz CT molecular complexity index is 824. The van der Waals surface area contributed by atoms with E-state index in [1.165, 1.54) is 24.9 Å². The van der Waals surface area contributed by atoms with E-state index >= 15 is 0 Å². The molecule has 4 nitrogen and oxygen atoms in total. The zero-order valence-corrected chi connectivity index (χ0v) is 16.5. The largest absolute Gasteiger partial charge is 0.465 e. The third kappa shape index (κ3) is 3.94. The Morgan fingerprint density at radius 2 is 1.96 bits per heavy atom. The van der Waals surface area contributed by atoms with Gasteiger partial charge in [-0.1, -0.05) is 43.0 Å². The van der Waals surface area contributed by atoms with Gasteiger partial charge in [-0.3, -0.25) is 4.79 Å². The zero-order valence-electron chi connectivity index (χ0n) is 14.9. The summed E-state index contributed by atoms with van der Waals surface area (Å²) in [7, 11) is 1.35. The number of methoxy groups -OCH3 is 1. The molecular formula is C20H22ClNO3S. The molecule has 26 heavy (non-hydrogen) atoms. The highest BCUT2D eigenvalue weighted by Gasteiger charge is 2.28. The topological polar surface area (TPSA) is 55.4 Å². The summed E-state index contributed by atoms with van der Waals surface area (Å²) in [5.41, 5.74) is 2.01. The number of rotatable bonds is 4. The van der Waals surface area contributed by atoms with Gasteiger partial charge < -0.3 is 10.1 Å². The molecule has 1 saturated carbocycles. The van der Waals surface area contributed by atoms with Gasteiger partial charge in [-0.2, -0.15) is 0 Å². The number of carbonyl (C=O) groups is 2. The maximum Gasteiger partial charge on any atom is 0.341 e. The number of aryl methyl sites for hydroxylation is 1. The number of esters is 1. The lowest BCUT2D eigenvalue weighted by atomic mass is 9.88. The normalized spacial score (nSPS) is 14.9. The maximum atomic E-state index is 12.7. The Hall–Kier alpha value is -1.85. The molecule has 6 heteroatoms. The summed E-state index contributed by atoms with van der Waals surface area (Å²) >= 11 is 7.52. The van der Waals surface area contributed by atoms with Crippen LogP contribution in [0, 0.1) is 12.8 Å². The lowest BCUT2D eigenvalue weighted by molar-refractivity contribution is -0.120. The molecule has 0 aliphatic heterocycles. The number of thiophene rings is 1. The van der Waals surface area contributed by atoms with Crippen LogP contribution in [0.15, 0.2) is 24.3 Å². The molecule has 1 amide bonds. The van der Waals surface area contributed by atoms with E-state index in [2.05, 4.69) is 5.32 Å². The standard InChI is InChI=1S/C20H22ClNO3S/c1-12-16(14-9-6-10-15(21)11-14)17(20(24)25-2)19(26-12)22-18(23)13-7-4-3-5-8-13/h6,9-11,13H,3-5,7-8H2,1-2H3,(H,22,23). The van der Waals surface area contributed by atoms with E-state index in [9.17, 15) is 9.59 Å². The fraction of sp³-hybridized carbons (Fsp3) is 0.400. The van der Waals surface area contributed by atoms with E-state index in [1.54, 1.807) is 6.07 Å². The number of hydrogen-bond acceptors (Lipinski definition) is 4. The Morgan fingerprint density at radius 3 is 2.62 bits per heavy atom. The first kappa shape index (κ1) is 18.9. The molecule has 1 aromatic carbocycles. The fourth-order valence-corrected chi connectivity index (χ4v) is 4.76. The lowest BCUT2D eigenvalue weighted by Crippen LogP contribution is -2.25. The average Bonchev–Trinajstić information content (AvgIpc) is 2.97. The second kappa shape index (κ2) is 8.23. The van der Waals surface area contributed by atoms with Crippen LogP contribution in [0.4, 0.5) is 5.00 Å². The number of nitrogens with one attached hydrogen (secondary N) is 1. The van der Waals surface area contributed by atoms with Crippen molar-refractivity contribution in [3.8, 4) is 11.1 Å². The van der Waals surface area contributed by atoms with Crippen LogP contribution < -0.4 is 5.32 Å². The van der Waals surface area contributed by atoms with Crippen LogP contribution >= 0.6 is 22.9 Å². The number of benzene rings is 1. The second-order valence-electron chi connectivity index (χ2n) is 6.56. The Labute approximate surface area is 162 Å². The molecule has 0 radical (unpaired) electrons. The van der Waals surface area contributed by atoms with Gasteiger partial charge in [-0.25, -0.2) is 4.79 Å². The molecule has 1 N–H and O–H groups in total. The van der Waals surface area contributed by atoms with Crippen LogP contribution in [-0.2, 0) is 9.53 Å². The van der Waals surface area contributed by atoms with Crippen LogP contribution in [0.2, 0.25) is 5.02 Å². The number of carbonyl (C=O) groups excluding carboxylic acids is 2. The minimum absolute atomic E-state index is 0.00579. The fourth-order valence-electron chi connectivity index (χ4n) is 3.50. The van der Waals surface area contributed by atoms with Gasteiger partial charge >= 0.3 is 5.97 Å². The summed E-state index contributed by atoms with van der Waals surface area (Å²) in [5.74, 6) is -0.441. The molecule has 0 spiro atoms. The molecule has 138 valence electrons. The molecule has 0 atom stereocenters. The van der Waals surface area contributed by atoms with Gasteiger partial charge in [0.05, 0.1) is 7.11 Å². The zero-order chi connectivity index (χ0) is 18.7. The van der Waals surface area contributed by atoms with Gasteiger partial charge in [-0.15, -0.1) is 11.3 Å². The maximum absolute atomic E-state index is 12.7. The van der Waals surface area contributed by atoms with Crippen LogP contribution in [0.5, 0.6) is 0 Å². The van der Waals surface area contributed by atoms with Gasteiger partial charge in [-0.05, 0) is 37.5 Å². The van der Waals surface area contributed by atoms with Crippen molar-refractivity contribution in [2.75, 3.05) is 12.4 Å². The van der Waals surface area contributed by atoms with Gasteiger partial charge in [0.25, 0.3) is 0 Å². The number of halogens is 1. The van der Waals surface area contributed by atoms with Gasteiger partial charge in [0, 0.05) is 21.4 Å². The number of anilines is 1. The van der Waals surface area contributed by atoms with E-state index in [4.69, 9.17) is 16.3 Å². The van der Waals surface area contributed by atoms with Crippen molar-refractivity contribution in [2.45, 2.75) is 39.0 Å². The molecule has 1 aliphatic rings. The first-order chi connectivity index (χ1) is 12.5. The van der Waals surface area contributed by atoms with Crippen LogP contribution in [-0.4, -0.2) is 19.0 Å². The highest BCUT2D eigenvalue weighted by atomic mass is 35.5. The molecule has 0 bridgehead atoms. The van der Waals surface area contributed by atoms with Crippen molar-refractivity contribution in [3.05, 3.63) is 39.7 Å². The Balaban J connectivity index is 1.99. The first-order valence-electron chi connectivity index (χ1n) is 8.79. The second-order valence-corrected chi connectivity index (χ2v) is 8.22. The van der Waals surface area contributed by atoms with E-state index in [-0.39, 0.29) is 11.8 Å². The molecule has 3 rings (SSSR count). The van der Waals surface area contributed by atoms with Crippen molar-refractivity contribution in [2.24, 2.45) is 5.92 Å².